The smallest absolute Gasteiger partial charge is 0.387 e. The number of alkyl halides is 2. The van der Waals surface area contributed by atoms with Gasteiger partial charge in [-0.05, 0) is 31.2 Å². The maximum absolute atomic E-state index is 12.8. The van der Waals surface area contributed by atoms with Crippen LogP contribution < -0.4 is 25.4 Å². The monoisotopic (exact) mass is 430 g/mol. The van der Waals surface area contributed by atoms with Crippen LogP contribution in [0.2, 0.25) is 0 Å². The number of anilines is 1. The number of ether oxygens (including phenoxy) is 2. The van der Waals surface area contributed by atoms with Crippen LogP contribution in [-0.4, -0.2) is 38.7 Å². The average molecular weight is 430 g/mol. The molecule has 0 aromatic heterocycles. The molecule has 3 N–H and O–H groups in total. The van der Waals surface area contributed by atoms with Crippen molar-refractivity contribution in [2.75, 3.05) is 25.5 Å². The summed E-state index contributed by atoms with van der Waals surface area (Å²) >= 11 is 0. The van der Waals surface area contributed by atoms with Crippen LogP contribution in [-0.2, 0) is 11.3 Å². The van der Waals surface area contributed by atoms with E-state index in [0.717, 1.165) is 0 Å². The van der Waals surface area contributed by atoms with E-state index in [1.54, 1.807) is 49.4 Å². The third kappa shape index (κ3) is 7.51. The molecule has 2 aromatic carbocycles. The van der Waals surface area contributed by atoms with Gasteiger partial charge in [0, 0.05) is 30.4 Å². The summed E-state index contributed by atoms with van der Waals surface area (Å²) in [5, 5.41) is 8.54. The first-order valence-corrected chi connectivity index (χ1v) is 9.47. The third-order valence-corrected chi connectivity index (χ3v) is 3.97. The number of hydrogen-bond acceptors (Lipinski definition) is 4. The van der Waals surface area contributed by atoms with Crippen LogP contribution in [0.3, 0.4) is 0 Å². The Kier molecular flexibility index (Phi) is 9.11. The molecule has 0 atom stereocenters. The van der Waals surface area contributed by atoms with Crippen molar-refractivity contribution in [3.63, 3.8) is 0 Å². The summed E-state index contributed by atoms with van der Waals surface area (Å²) in [5.41, 5.74) is 1.68. The molecule has 164 valence electrons. The largest absolute Gasteiger partial charge is 0.490 e. The van der Waals surface area contributed by atoms with E-state index >= 15 is 0 Å². The van der Waals surface area contributed by atoms with Gasteiger partial charge in [-0.2, -0.15) is 8.78 Å². The van der Waals surface area contributed by atoms with Gasteiger partial charge in [-0.1, -0.05) is 24.1 Å². The van der Waals surface area contributed by atoms with Gasteiger partial charge in [-0.25, -0.2) is 0 Å². The fraction of sp³-hybridized carbons (Fsp3) is 0.273. The number of carbonyl (C=O) groups is 1. The number of para-hydroxylation sites is 1. The van der Waals surface area contributed by atoms with Crippen molar-refractivity contribution in [3.8, 4) is 23.8 Å². The van der Waals surface area contributed by atoms with Gasteiger partial charge in [0.05, 0.1) is 13.2 Å². The van der Waals surface area contributed by atoms with Crippen LogP contribution in [0.4, 0.5) is 14.5 Å². The van der Waals surface area contributed by atoms with Crippen molar-refractivity contribution in [2.24, 2.45) is 4.99 Å². The van der Waals surface area contributed by atoms with Gasteiger partial charge < -0.3 is 25.4 Å². The summed E-state index contributed by atoms with van der Waals surface area (Å²) in [6.07, 6.45) is 5.35. The Morgan fingerprint density at radius 1 is 1.23 bits per heavy atom. The van der Waals surface area contributed by atoms with E-state index in [0.29, 0.717) is 29.4 Å². The maximum Gasteiger partial charge on any atom is 0.387 e. The van der Waals surface area contributed by atoms with E-state index in [1.165, 1.54) is 7.05 Å². The zero-order valence-electron chi connectivity index (χ0n) is 17.2. The minimum Gasteiger partial charge on any atom is -0.490 e. The molecule has 1 amide bonds. The lowest BCUT2D eigenvalue weighted by atomic mass is 10.2. The van der Waals surface area contributed by atoms with Crippen LogP contribution in [0.1, 0.15) is 18.1 Å². The first kappa shape index (κ1) is 23.5. The molecule has 2 aromatic rings. The molecule has 0 fully saturated rings. The molecule has 0 unspecified atom stereocenters. The molecule has 2 rings (SSSR count). The minimum absolute atomic E-state index is 0.0477. The lowest BCUT2D eigenvalue weighted by Gasteiger charge is -2.17. The Labute approximate surface area is 179 Å². The first-order valence-electron chi connectivity index (χ1n) is 9.47. The molecule has 31 heavy (non-hydrogen) atoms. The van der Waals surface area contributed by atoms with Crippen LogP contribution >= 0.6 is 0 Å². The number of nitrogens with one attached hydrogen (secondary N) is 3. The summed E-state index contributed by atoms with van der Waals surface area (Å²) in [4.78, 5) is 16.2. The SMILES string of the molecule is C#Cc1cccc(NC(=O)CNC(=NC)NCc2cccc(OCC)c2OC(F)F)c1. The Bertz CT molecular complexity index is 958. The second kappa shape index (κ2) is 12.0. The number of amides is 1. The summed E-state index contributed by atoms with van der Waals surface area (Å²) in [7, 11) is 1.52. The Morgan fingerprint density at radius 2 is 2.00 bits per heavy atom. The van der Waals surface area contributed by atoms with Crippen LogP contribution in [0.5, 0.6) is 11.5 Å². The van der Waals surface area contributed by atoms with Gasteiger partial charge in [0.25, 0.3) is 0 Å². The van der Waals surface area contributed by atoms with Crippen molar-refractivity contribution >= 4 is 17.6 Å². The molecular weight excluding hydrogens is 406 g/mol. The predicted molar refractivity (Wildman–Crippen MR) is 115 cm³/mol. The van der Waals surface area contributed by atoms with Crippen molar-refractivity contribution in [1.82, 2.24) is 10.6 Å². The standard InChI is InChI=1S/C22H24F2N4O3/c1-4-15-8-6-10-17(12-15)28-19(29)14-27-22(25-3)26-13-16-9-7-11-18(30-5-2)20(16)31-21(23)24/h1,6-12,21H,5,13-14H2,2-3H3,(H,28,29)(H2,25,26,27). The van der Waals surface area contributed by atoms with E-state index in [1.807, 2.05) is 0 Å². The molecule has 0 aliphatic heterocycles. The lowest BCUT2D eigenvalue weighted by molar-refractivity contribution is -0.115. The summed E-state index contributed by atoms with van der Waals surface area (Å²) in [6.45, 7) is -0.890. The van der Waals surface area contributed by atoms with Gasteiger partial charge in [0.1, 0.15) is 0 Å². The Hall–Kier alpha value is -3.80. The number of benzene rings is 2. The molecule has 0 saturated heterocycles. The van der Waals surface area contributed by atoms with Crippen molar-refractivity contribution < 1.29 is 23.0 Å². The fourth-order valence-corrected chi connectivity index (χ4v) is 2.65. The molecule has 0 spiro atoms. The number of rotatable bonds is 9. The van der Waals surface area contributed by atoms with Crippen LogP contribution in [0, 0.1) is 12.3 Å². The number of halogens is 2. The van der Waals surface area contributed by atoms with E-state index in [4.69, 9.17) is 11.2 Å². The number of aliphatic imine (C=N–C) groups is 1. The highest BCUT2D eigenvalue weighted by Crippen LogP contribution is 2.32. The summed E-state index contributed by atoms with van der Waals surface area (Å²) in [6, 6.07) is 11.8. The quantitative estimate of drug-likeness (QED) is 0.324. The van der Waals surface area contributed by atoms with Crippen LogP contribution in [0.25, 0.3) is 0 Å². The highest BCUT2D eigenvalue weighted by molar-refractivity contribution is 5.95. The number of nitrogens with zero attached hydrogens (tertiary/aromatic N) is 1. The second-order valence-electron chi connectivity index (χ2n) is 6.11. The summed E-state index contributed by atoms with van der Waals surface area (Å²) < 4.78 is 35.7. The van der Waals surface area contributed by atoms with Gasteiger partial charge in [0.15, 0.2) is 17.5 Å². The first-order chi connectivity index (χ1) is 15.0. The average Bonchev–Trinajstić information content (AvgIpc) is 2.75. The number of carbonyl (C=O) groups excluding carboxylic acids is 1. The molecule has 0 aliphatic carbocycles. The Morgan fingerprint density at radius 3 is 2.68 bits per heavy atom. The molecular formula is C22H24F2N4O3. The summed E-state index contributed by atoms with van der Waals surface area (Å²) in [5.74, 6) is 2.67. The van der Waals surface area contributed by atoms with E-state index in [2.05, 4.69) is 31.6 Å². The molecule has 0 aliphatic rings. The fourth-order valence-electron chi connectivity index (χ4n) is 2.65. The van der Waals surface area contributed by atoms with E-state index in [9.17, 15) is 13.6 Å². The Balaban J connectivity index is 1.95. The van der Waals surface area contributed by atoms with E-state index in [-0.39, 0.29) is 30.5 Å². The molecule has 0 heterocycles. The topological polar surface area (TPSA) is 84.0 Å². The molecule has 0 radical (unpaired) electrons. The number of guanidine groups is 1. The van der Waals surface area contributed by atoms with Crippen molar-refractivity contribution in [2.45, 2.75) is 20.1 Å². The molecule has 0 saturated carbocycles. The lowest BCUT2D eigenvalue weighted by Crippen LogP contribution is -2.41. The second-order valence-corrected chi connectivity index (χ2v) is 6.11. The molecule has 0 bridgehead atoms. The van der Waals surface area contributed by atoms with Gasteiger partial charge in [-0.15, -0.1) is 6.42 Å². The highest BCUT2D eigenvalue weighted by Gasteiger charge is 2.16. The van der Waals surface area contributed by atoms with Crippen molar-refractivity contribution in [1.29, 1.82) is 0 Å². The maximum atomic E-state index is 12.8. The zero-order valence-corrected chi connectivity index (χ0v) is 17.2. The molecule has 7 nitrogen and oxygen atoms in total. The van der Waals surface area contributed by atoms with E-state index < -0.39 is 6.61 Å². The number of terminal acetylenes is 1. The minimum atomic E-state index is -2.99. The normalized spacial score (nSPS) is 10.9. The highest BCUT2D eigenvalue weighted by atomic mass is 19.3. The van der Waals surface area contributed by atoms with Gasteiger partial charge >= 0.3 is 6.61 Å². The number of hydrogen-bond donors (Lipinski definition) is 3. The zero-order chi connectivity index (χ0) is 22.6. The van der Waals surface area contributed by atoms with Gasteiger partial charge in [-0.3, -0.25) is 9.79 Å². The van der Waals surface area contributed by atoms with Gasteiger partial charge in [0.2, 0.25) is 5.91 Å². The third-order valence-electron chi connectivity index (χ3n) is 3.97. The molecule has 9 heteroatoms. The predicted octanol–water partition coefficient (Wildman–Crippen LogP) is 2.97. The van der Waals surface area contributed by atoms with Crippen molar-refractivity contribution in [3.05, 3.63) is 53.6 Å². The van der Waals surface area contributed by atoms with Crippen LogP contribution in [0.15, 0.2) is 47.5 Å².